The van der Waals surface area contributed by atoms with Crippen molar-refractivity contribution >= 4 is 23.6 Å². The maximum atomic E-state index is 13.4. The van der Waals surface area contributed by atoms with Crippen molar-refractivity contribution in [1.29, 1.82) is 0 Å². The van der Waals surface area contributed by atoms with Gasteiger partial charge in [0.2, 0.25) is 0 Å². The number of carboxylic acid groups (broad SMARTS) is 1. The molecule has 5 N–H and O–H groups in total. The second-order valence-corrected chi connectivity index (χ2v) is 10.7. The van der Waals surface area contributed by atoms with Crippen LogP contribution in [0.5, 0.6) is 0 Å². The molecular formula is C31H36ClN3O4. The summed E-state index contributed by atoms with van der Waals surface area (Å²) in [6.45, 7) is 3.60. The molecule has 1 aliphatic heterocycles. The number of hydrogen-bond acceptors (Lipinski definition) is 4. The van der Waals surface area contributed by atoms with Gasteiger partial charge in [0.05, 0.1) is 5.60 Å². The summed E-state index contributed by atoms with van der Waals surface area (Å²) in [5.74, 6) is -0.353. The first-order valence-electron chi connectivity index (χ1n) is 13.4. The molecule has 3 aromatic carbocycles. The minimum Gasteiger partial charge on any atom is -0.465 e. The molecular weight excluding hydrogens is 514 g/mol. The molecule has 7 nitrogen and oxygen atoms in total. The van der Waals surface area contributed by atoms with E-state index in [4.69, 9.17) is 22.4 Å². The predicted octanol–water partition coefficient (Wildman–Crippen LogP) is 5.56. The number of nitrogens with one attached hydrogen (secondary N) is 1. The molecule has 1 heterocycles. The molecule has 2 amide bonds. The Balaban J connectivity index is 1.70. The van der Waals surface area contributed by atoms with Crippen LogP contribution in [0.15, 0.2) is 66.7 Å². The molecule has 0 saturated carbocycles. The quantitative estimate of drug-likeness (QED) is 0.261. The lowest BCUT2D eigenvalue weighted by atomic mass is 9.72. The van der Waals surface area contributed by atoms with Crippen LogP contribution in [0, 0.1) is 12.8 Å². The molecule has 0 bridgehead atoms. The molecule has 2 atom stereocenters. The Morgan fingerprint density at radius 2 is 1.87 bits per heavy atom. The van der Waals surface area contributed by atoms with Crippen LogP contribution in [0.2, 0.25) is 5.02 Å². The molecule has 0 aromatic heterocycles. The minimum atomic E-state index is -1.34. The van der Waals surface area contributed by atoms with Gasteiger partial charge in [0.1, 0.15) is 0 Å². The van der Waals surface area contributed by atoms with E-state index in [1.807, 2.05) is 66.4 Å². The van der Waals surface area contributed by atoms with Gasteiger partial charge in [-0.05, 0) is 67.5 Å². The predicted molar refractivity (Wildman–Crippen MR) is 154 cm³/mol. The van der Waals surface area contributed by atoms with E-state index < -0.39 is 11.7 Å². The lowest BCUT2D eigenvalue weighted by Crippen LogP contribution is -2.48. The van der Waals surface area contributed by atoms with E-state index in [1.54, 1.807) is 12.1 Å². The lowest BCUT2D eigenvalue weighted by molar-refractivity contribution is -0.0563. The third-order valence-corrected chi connectivity index (χ3v) is 7.93. The molecule has 0 radical (unpaired) electrons. The highest BCUT2D eigenvalue weighted by atomic mass is 35.5. The van der Waals surface area contributed by atoms with E-state index in [-0.39, 0.29) is 18.4 Å². The van der Waals surface area contributed by atoms with E-state index in [1.165, 1.54) is 0 Å². The number of amides is 2. The first-order chi connectivity index (χ1) is 18.7. The van der Waals surface area contributed by atoms with E-state index in [2.05, 4.69) is 5.32 Å². The minimum absolute atomic E-state index is 0.0804. The summed E-state index contributed by atoms with van der Waals surface area (Å²) in [6, 6.07) is 20.9. The van der Waals surface area contributed by atoms with Gasteiger partial charge in [-0.1, -0.05) is 65.7 Å². The van der Waals surface area contributed by atoms with Crippen molar-refractivity contribution in [3.63, 3.8) is 0 Å². The maximum Gasteiger partial charge on any atom is 0.404 e. The summed E-state index contributed by atoms with van der Waals surface area (Å²) >= 11 is 6.77. The SMILES string of the molecule is Cc1cccc(-c2c(Cl)cccc2C(O)(CCCNC(=O)O)C2CCCN(C(=O)c3ccc(CN)cc3)C2)c1. The van der Waals surface area contributed by atoms with Crippen LogP contribution in [-0.4, -0.2) is 46.7 Å². The standard InChI is InChI=1S/C31H36ClN3O4/c1-21-6-2-7-24(18-21)28-26(9-3-10-27(28)32)31(39,15-5-16-34-30(37)38)25-8-4-17-35(20-25)29(36)23-13-11-22(19-33)12-14-23/h2-3,6-7,9-14,18,25,34,39H,4-5,8,15-17,19-20,33H2,1H3,(H,37,38). The van der Waals surface area contributed by atoms with Crippen LogP contribution < -0.4 is 11.1 Å². The molecule has 3 aromatic rings. The molecule has 2 unspecified atom stereocenters. The van der Waals surface area contributed by atoms with E-state index in [9.17, 15) is 14.7 Å². The fraction of sp³-hybridized carbons (Fsp3) is 0.355. The van der Waals surface area contributed by atoms with Gasteiger partial charge in [-0.15, -0.1) is 0 Å². The number of piperidine rings is 1. The van der Waals surface area contributed by atoms with Crippen LogP contribution >= 0.6 is 11.6 Å². The highest BCUT2D eigenvalue weighted by Crippen LogP contribution is 2.45. The number of nitrogens with zero attached hydrogens (tertiary/aromatic N) is 1. The van der Waals surface area contributed by atoms with Gasteiger partial charge >= 0.3 is 6.09 Å². The number of carbonyl (C=O) groups excluding carboxylic acids is 1. The molecule has 0 aliphatic carbocycles. The van der Waals surface area contributed by atoms with E-state index >= 15 is 0 Å². The number of carbonyl (C=O) groups is 2. The fourth-order valence-electron chi connectivity index (χ4n) is 5.61. The Hall–Kier alpha value is -3.39. The van der Waals surface area contributed by atoms with Crippen LogP contribution in [-0.2, 0) is 12.1 Å². The van der Waals surface area contributed by atoms with E-state index in [0.717, 1.165) is 35.1 Å². The summed E-state index contributed by atoms with van der Waals surface area (Å²) in [7, 11) is 0. The Kier molecular flexibility index (Phi) is 9.28. The third kappa shape index (κ3) is 6.61. The van der Waals surface area contributed by atoms with Crippen LogP contribution in [0.25, 0.3) is 11.1 Å². The summed E-state index contributed by atoms with van der Waals surface area (Å²) in [6.07, 6.45) is 1.10. The number of aliphatic hydroxyl groups is 1. The van der Waals surface area contributed by atoms with Gasteiger partial charge in [0.15, 0.2) is 0 Å². The van der Waals surface area contributed by atoms with Gasteiger partial charge in [-0.3, -0.25) is 4.79 Å². The zero-order valence-corrected chi connectivity index (χ0v) is 23.0. The molecule has 0 spiro atoms. The van der Waals surface area contributed by atoms with Crippen LogP contribution in [0.1, 0.15) is 52.7 Å². The number of hydrogen-bond donors (Lipinski definition) is 4. The first kappa shape index (κ1) is 28.6. The Morgan fingerprint density at radius 1 is 1.13 bits per heavy atom. The smallest absolute Gasteiger partial charge is 0.404 e. The Morgan fingerprint density at radius 3 is 2.56 bits per heavy atom. The van der Waals surface area contributed by atoms with Gasteiger partial charge in [0.25, 0.3) is 5.91 Å². The van der Waals surface area contributed by atoms with Crippen molar-refractivity contribution in [3.8, 4) is 11.1 Å². The number of nitrogens with two attached hydrogens (primary N) is 1. The molecule has 1 saturated heterocycles. The van der Waals surface area contributed by atoms with Crippen molar-refractivity contribution in [2.45, 2.75) is 44.8 Å². The highest BCUT2D eigenvalue weighted by Gasteiger charge is 2.43. The molecule has 1 fully saturated rings. The second kappa shape index (κ2) is 12.6. The van der Waals surface area contributed by atoms with Crippen molar-refractivity contribution in [2.24, 2.45) is 11.7 Å². The van der Waals surface area contributed by atoms with Crippen molar-refractivity contribution in [2.75, 3.05) is 19.6 Å². The highest BCUT2D eigenvalue weighted by molar-refractivity contribution is 6.33. The topological polar surface area (TPSA) is 116 Å². The van der Waals surface area contributed by atoms with Crippen molar-refractivity contribution < 1.29 is 19.8 Å². The Labute approximate surface area is 234 Å². The zero-order chi connectivity index (χ0) is 28.0. The summed E-state index contributed by atoms with van der Waals surface area (Å²) in [5, 5.41) is 24.6. The number of likely N-dealkylation sites (tertiary alicyclic amines) is 1. The summed E-state index contributed by atoms with van der Waals surface area (Å²) in [4.78, 5) is 26.3. The van der Waals surface area contributed by atoms with Crippen LogP contribution in [0.3, 0.4) is 0 Å². The Bertz CT molecular complexity index is 1310. The molecule has 8 heteroatoms. The molecule has 39 heavy (non-hydrogen) atoms. The van der Waals surface area contributed by atoms with Crippen molar-refractivity contribution in [3.05, 3.63) is 94.0 Å². The number of benzene rings is 3. The first-order valence-corrected chi connectivity index (χ1v) is 13.7. The fourth-order valence-corrected chi connectivity index (χ4v) is 5.89. The second-order valence-electron chi connectivity index (χ2n) is 10.3. The number of rotatable bonds is 9. The average molecular weight is 550 g/mol. The number of aryl methyl sites for hydroxylation is 1. The van der Waals surface area contributed by atoms with Crippen LogP contribution in [0.4, 0.5) is 4.79 Å². The summed E-state index contributed by atoms with van der Waals surface area (Å²) < 4.78 is 0. The zero-order valence-electron chi connectivity index (χ0n) is 22.2. The van der Waals surface area contributed by atoms with Gasteiger partial charge < -0.3 is 26.2 Å². The van der Waals surface area contributed by atoms with Gasteiger partial charge in [-0.2, -0.15) is 0 Å². The summed E-state index contributed by atoms with van der Waals surface area (Å²) in [5.41, 5.74) is 9.35. The van der Waals surface area contributed by atoms with Crippen molar-refractivity contribution in [1.82, 2.24) is 10.2 Å². The van der Waals surface area contributed by atoms with Gasteiger partial charge in [-0.25, -0.2) is 4.79 Å². The largest absolute Gasteiger partial charge is 0.465 e. The van der Waals surface area contributed by atoms with Gasteiger partial charge in [0, 0.05) is 48.2 Å². The average Bonchev–Trinajstić information content (AvgIpc) is 2.94. The number of halogens is 1. The maximum absolute atomic E-state index is 13.4. The normalized spacial score (nSPS) is 16.9. The molecule has 4 rings (SSSR count). The monoisotopic (exact) mass is 549 g/mol. The molecule has 206 valence electrons. The third-order valence-electron chi connectivity index (χ3n) is 7.62. The molecule has 1 aliphatic rings. The lowest BCUT2D eigenvalue weighted by Gasteiger charge is -2.44. The van der Waals surface area contributed by atoms with E-state index in [0.29, 0.717) is 48.6 Å².